The Kier molecular flexibility index (Phi) is 4.92. The van der Waals surface area contributed by atoms with Gasteiger partial charge in [0, 0.05) is 44.7 Å². The van der Waals surface area contributed by atoms with Crippen LogP contribution < -0.4 is 14.7 Å². The standard InChI is InChI=1S/C23H26FN5/c24-19-9-3-5-11-21(19)27-14-16-29(17-15-27)23-25-20-10-4-2-8-18(20)22(26-23)28-12-6-1-7-13-28/h2-5,8-11H,1,6-7,12-17H2. The second kappa shape index (κ2) is 7.85. The molecule has 2 aliphatic rings. The molecule has 3 heterocycles. The number of piperazine rings is 1. The quantitative estimate of drug-likeness (QED) is 0.672. The molecular weight excluding hydrogens is 365 g/mol. The minimum absolute atomic E-state index is 0.157. The molecule has 2 aromatic carbocycles. The predicted molar refractivity (Wildman–Crippen MR) is 116 cm³/mol. The highest BCUT2D eigenvalue weighted by atomic mass is 19.1. The molecular formula is C23H26FN5. The van der Waals surface area contributed by atoms with Crippen molar-refractivity contribution in [1.82, 2.24) is 9.97 Å². The van der Waals surface area contributed by atoms with Crippen molar-refractivity contribution < 1.29 is 4.39 Å². The molecule has 5 nitrogen and oxygen atoms in total. The van der Waals surface area contributed by atoms with E-state index in [1.165, 1.54) is 25.3 Å². The Morgan fingerprint density at radius 2 is 1.34 bits per heavy atom. The van der Waals surface area contributed by atoms with Gasteiger partial charge in [-0.3, -0.25) is 0 Å². The minimum atomic E-state index is -0.157. The monoisotopic (exact) mass is 391 g/mol. The van der Waals surface area contributed by atoms with E-state index >= 15 is 0 Å². The second-order valence-corrected chi connectivity index (χ2v) is 7.84. The Morgan fingerprint density at radius 3 is 2.14 bits per heavy atom. The van der Waals surface area contributed by atoms with Gasteiger partial charge in [-0.15, -0.1) is 0 Å². The van der Waals surface area contributed by atoms with Crippen LogP contribution in [0.1, 0.15) is 19.3 Å². The van der Waals surface area contributed by atoms with Crippen LogP contribution in [-0.4, -0.2) is 49.2 Å². The van der Waals surface area contributed by atoms with E-state index in [0.29, 0.717) is 5.69 Å². The van der Waals surface area contributed by atoms with Gasteiger partial charge in [-0.1, -0.05) is 24.3 Å². The summed E-state index contributed by atoms with van der Waals surface area (Å²) in [7, 11) is 0. The predicted octanol–water partition coefficient (Wildman–Crippen LogP) is 4.09. The van der Waals surface area contributed by atoms with Crippen LogP contribution in [0.4, 0.5) is 21.8 Å². The molecule has 0 bridgehead atoms. The van der Waals surface area contributed by atoms with Crippen molar-refractivity contribution >= 4 is 28.4 Å². The van der Waals surface area contributed by atoms with Crippen LogP contribution in [-0.2, 0) is 0 Å². The normalized spacial score (nSPS) is 17.8. The lowest BCUT2D eigenvalue weighted by atomic mass is 10.1. The molecule has 6 heteroatoms. The van der Waals surface area contributed by atoms with Gasteiger partial charge in [0.2, 0.25) is 5.95 Å². The van der Waals surface area contributed by atoms with Crippen LogP contribution in [0.15, 0.2) is 48.5 Å². The summed E-state index contributed by atoms with van der Waals surface area (Å²) in [5, 5.41) is 1.13. The molecule has 0 N–H and O–H groups in total. The van der Waals surface area contributed by atoms with Crippen LogP contribution in [0.2, 0.25) is 0 Å². The van der Waals surface area contributed by atoms with Gasteiger partial charge in [0.25, 0.3) is 0 Å². The Hall–Kier alpha value is -2.89. The number of piperidine rings is 1. The van der Waals surface area contributed by atoms with E-state index in [2.05, 4.69) is 32.9 Å². The van der Waals surface area contributed by atoms with Gasteiger partial charge in [-0.05, 0) is 43.5 Å². The lowest BCUT2D eigenvalue weighted by Gasteiger charge is -2.37. The SMILES string of the molecule is Fc1ccccc1N1CCN(c2nc(N3CCCCC3)c3ccccc3n2)CC1. The van der Waals surface area contributed by atoms with E-state index in [1.54, 1.807) is 6.07 Å². The average molecular weight is 391 g/mol. The van der Waals surface area contributed by atoms with E-state index in [4.69, 9.17) is 9.97 Å². The topological polar surface area (TPSA) is 35.5 Å². The summed E-state index contributed by atoms with van der Waals surface area (Å²) in [6, 6.07) is 15.3. The number of para-hydroxylation sites is 2. The third kappa shape index (κ3) is 3.59. The molecule has 1 aromatic heterocycles. The number of halogens is 1. The number of hydrogen-bond donors (Lipinski definition) is 0. The molecule has 0 unspecified atom stereocenters. The summed E-state index contributed by atoms with van der Waals surface area (Å²) in [5.74, 6) is 1.69. The number of nitrogens with zero attached hydrogens (tertiary/aromatic N) is 5. The number of anilines is 3. The molecule has 3 aromatic rings. The maximum absolute atomic E-state index is 14.1. The fraction of sp³-hybridized carbons (Fsp3) is 0.391. The molecule has 2 saturated heterocycles. The van der Waals surface area contributed by atoms with Crippen molar-refractivity contribution in [3.63, 3.8) is 0 Å². The molecule has 0 amide bonds. The first-order chi connectivity index (χ1) is 14.3. The third-order valence-corrected chi connectivity index (χ3v) is 5.98. The van der Waals surface area contributed by atoms with Gasteiger partial charge in [0.05, 0.1) is 11.2 Å². The molecule has 0 saturated carbocycles. The first kappa shape index (κ1) is 18.2. The second-order valence-electron chi connectivity index (χ2n) is 7.84. The molecule has 150 valence electrons. The van der Waals surface area contributed by atoms with E-state index < -0.39 is 0 Å². The van der Waals surface area contributed by atoms with Crippen molar-refractivity contribution in [2.24, 2.45) is 0 Å². The highest BCUT2D eigenvalue weighted by molar-refractivity contribution is 5.90. The average Bonchev–Trinajstić information content (AvgIpc) is 2.79. The molecule has 2 aliphatic heterocycles. The summed E-state index contributed by atoms with van der Waals surface area (Å²) in [6.45, 7) is 5.20. The summed E-state index contributed by atoms with van der Waals surface area (Å²) in [5.41, 5.74) is 1.68. The zero-order valence-corrected chi connectivity index (χ0v) is 16.6. The molecule has 2 fully saturated rings. The van der Waals surface area contributed by atoms with Crippen molar-refractivity contribution in [3.05, 3.63) is 54.3 Å². The summed E-state index contributed by atoms with van der Waals surface area (Å²) in [6.07, 6.45) is 3.73. The van der Waals surface area contributed by atoms with Crippen LogP contribution in [0, 0.1) is 5.82 Å². The van der Waals surface area contributed by atoms with E-state index in [-0.39, 0.29) is 5.82 Å². The summed E-state index contributed by atoms with van der Waals surface area (Å²) < 4.78 is 14.1. The molecule has 29 heavy (non-hydrogen) atoms. The Labute approximate surface area is 170 Å². The smallest absolute Gasteiger partial charge is 0.228 e. The van der Waals surface area contributed by atoms with Crippen LogP contribution >= 0.6 is 0 Å². The number of aromatic nitrogens is 2. The first-order valence-electron chi connectivity index (χ1n) is 10.6. The Balaban J connectivity index is 1.41. The summed E-state index contributed by atoms with van der Waals surface area (Å²) >= 11 is 0. The van der Waals surface area contributed by atoms with Gasteiger partial charge in [-0.2, -0.15) is 4.98 Å². The largest absolute Gasteiger partial charge is 0.366 e. The maximum atomic E-state index is 14.1. The van der Waals surface area contributed by atoms with Gasteiger partial charge < -0.3 is 14.7 Å². The van der Waals surface area contributed by atoms with Crippen molar-refractivity contribution in [2.45, 2.75) is 19.3 Å². The fourth-order valence-corrected chi connectivity index (χ4v) is 4.39. The van der Waals surface area contributed by atoms with Crippen molar-refractivity contribution in [3.8, 4) is 0 Å². The number of benzene rings is 2. The van der Waals surface area contributed by atoms with Gasteiger partial charge >= 0.3 is 0 Å². The van der Waals surface area contributed by atoms with Crippen molar-refractivity contribution in [1.29, 1.82) is 0 Å². The van der Waals surface area contributed by atoms with Crippen LogP contribution in [0.3, 0.4) is 0 Å². The minimum Gasteiger partial charge on any atom is -0.366 e. The molecule has 0 spiro atoms. The summed E-state index contributed by atoms with van der Waals surface area (Å²) in [4.78, 5) is 16.6. The zero-order chi connectivity index (χ0) is 19.6. The lowest BCUT2D eigenvalue weighted by Crippen LogP contribution is -2.47. The van der Waals surface area contributed by atoms with Crippen LogP contribution in [0.25, 0.3) is 10.9 Å². The van der Waals surface area contributed by atoms with Crippen LogP contribution in [0.5, 0.6) is 0 Å². The molecule has 0 aliphatic carbocycles. The van der Waals surface area contributed by atoms with E-state index in [0.717, 1.165) is 61.9 Å². The first-order valence-corrected chi connectivity index (χ1v) is 10.6. The lowest BCUT2D eigenvalue weighted by molar-refractivity contribution is 0.572. The highest BCUT2D eigenvalue weighted by Gasteiger charge is 2.23. The molecule has 0 atom stereocenters. The number of fused-ring (bicyclic) bond motifs is 1. The highest BCUT2D eigenvalue weighted by Crippen LogP contribution is 2.29. The van der Waals surface area contributed by atoms with Gasteiger partial charge in [0.15, 0.2) is 0 Å². The van der Waals surface area contributed by atoms with E-state index in [1.807, 2.05) is 18.2 Å². The fourth-order valence-electron chi connectivity index (χ4n) is 4.39. The molecule has 0 radical (unpaired) electrons. The van der Waals surface area contributed by atoms with E-state index in [9.17, 15) is 4.39 Å². The third-order valence-electron chi connectivity index (χ3n) is 5.98. The maximum Gasteiger partial charge on any atom is 0.228 e. The van der Waals surface area contributed by atoms with Gasteiger partial charge in [0.1, 0.15) is 11.6 Å². The molecule has 5 rings (SSSR count). The Bertz CT molecular complexity index is 993. The number of hydrogen-bond acceptors (Lipinski definition) is 5. The van der Waals surface area contributed by atoms with Crippen molar-refractivity contribution in [2.75, 3.05) is 54.0 Å². The Morgan fingerprint density at radius 1 is 0.655 bits per heavy atom. The van der Waals surface area contributed by atoms with Gasteiger partial charge in [-0.25, -0.2) is 9.37 Å². The zero-order valence-electron chi connectivity index (χ0n) is 16.6. The number of rotatable bonds is 3.